The molecule has 6 heteroatoms. The summed E-state index contributed by atoms with van der Waals surface area (Å²) in [4.78, 5) is 28.1. The number of hydrogen-bond donors (Lipinski definition) is 2. The molecule has 0 aromatic heterocycles. The van der Waals surface area contributed by atoms with Gasteiger partial charge in [-0.05, 0) is 43.0 Å². The molecule has 0 radical (unpaired) electrons. The maximum Gasteiger partial charge on any atom is 0.248 e. The van der Waals surface area contributed by atoms with Gasteiger partial charge in [-0.1, -0.05) is 24.3 Å². The SMILES string of the molecule is CC(=O)Nc1ccc(/C=C/C(=O)Nc2ccccc2N2CCN(C)CC2)cc1. The Labute approximate surface area is 165 Å². The highest BCUT2D eigenvalue weighted by Crippen LogP contribution is 2.26. The number of amides is 2. The minimum absolute atomic E-state index is 0.110. The lowest BCUT2D eigenvalue weighted by Crippen LogP contribution is -2.44. The summed E-state index contributed by atoms with van der Waals surface area (Å²) in [5, 5.41) is 5.71. The van der Waals surface area contributed by atoms with Crippen molar-refractivity contribution in [3.63, 3.8) is 0 Å². The Morgan fingerprint density at radius 3 is 2.29 bits per heavy atom. The van der Waals surface area contributed by atoms with Gasteiger partial charge in [0.1, 0.15) is 0 Å². The van der Waals surface area contributed by atoms with Gasteiger partial charge in [0.05, 0.1) is 11.4 Å². The molecular weight excluding hydrogens is 352 g/mol. The summed E-state index contributed by atoms with van der Waals surface area (Å²) < 4.78 is 0. The van der Waals surface area contributed by atoms with E-state index in [0.717, 1.165) is 48.8 Å². The van der Waals surface area contributed by atoms with Gasteiger partial charge < -0.3 is 20.4 Å². The molecule has 0 saturated carbocycles. The van der Waals surface area contributed by atoms with Crippen LogP contribution in [0.15, 0.2) is 54.6 Å². The van der Waals surface area contributed by atoms with Crippen molar-refractivity contribution in [1.82, 2.24) is 4.90 Å². The van der Waals surface area contributed by atoms with Crippen molar-refractivity contribution in [1.29, 1.82) is 0 Å². The lowest BCUT2D eigenvalue weighted by molar-refractivity contribution is -0.114. The second-order valence-corrected chi connectivity index (χ2v) is 6.93. The lowest BCUT2D eigenvalue weighted by Gasteiger charge is -2.35. The maximum absolute atomic E-state index is 12.4. The number of nitrogens with zero attached hydrogens (tertiary/aromatic N) is 2. The van der Waals surface area contributed by atoms with Crippen LogP contribution in [-0.4, -0.2) is 49.9 Å². The number of likely N-dealkylation sites (N-methyl/N-ethyl adjacent to an activating group) is 1. The van der Waals surface area contributed by atoms with E-state index in [2.05, 4.69) is 27.5 Å². The fourth-order valence-electron chi connectivity index (χ4n) is 3.13. The van der Waals surface area contributed by atoms with Gasteiger partial charge in [0.25, 0.3) is 0 Å². The monoisotopic (exact) mass is 378 g/mol. The van der Waals surface area contributed by atoms with Gasteiger partial charge in [0.15, 0.2) is 0 Å². The van der Waals surface area contributed by atoms with Crippen LogP contribution in [0.4, 0.5) is 17.1 Å². The standard InChI is InChI=1S/C22H26N4O2/c1-17(27)23-19-10-7-18(8-11-19)9-12-22(28)24-20-5-3-4-6-21(20)26-15-13-25(2)14-16-26/h3-12H,13-16H2,1-2H3,(H,23,27)(H,24,28)/b12-9+. The van der Waals surface area contributed by atoms with E-state index in [9.17, 15) is 9.59 Å². The summed E-state index contributed by atoms with van der Waals surface area (Å²) in [6, 6.07) is 15.2. The first kappa shape index (κ1) is 19.6. The van der Waals surface area contributed by atoms with E-state index in [-0.39, 0.29) is 11.8 Å². The van der Waals surface area contributed by atoms with E-state index in [4.69, 9.17) is 0 Å². The van der Waals surface area contributed by atoms with Crippen molar-refractivity contribution in [2.75, 3.05) is 48.8 Å². The molecule has 0 atom stereocenters. The molecule has 1 heterocycles. The Hall–Kier alpha value is -3.12. The molecule has 2 amide bonds. The number of nitrogens with one attached hydrogen (secondary N) is 2. The summed E-state index contributed by atoms with van der Waals surface area (Å²) in [5.74, 6) is -0.283. The molecule has 0 aliphatic carbocycles. The third-order valence-electron chi connectivity index (χ3n) is 4.66. The second-order valence-electron chi connectivity index (χ2n) is 6.93. The molecule has 6 nitrogen and oxygen atoms in total. The number of carbonyl (C=O) groups excluding carboxylic acids is 2. The Kier molecular flexibility index (Phi) is 6.45. The summed E-state index contributed by atoms with van der Waals surface area (Å²) in [7, 11) is 2.12. The second kappa shape index (κ2) is 9.19. The number of anilines is 3. The van der Waals surface area contributed by atoms with Crippen LogP contribution in [0.2, 0.25) is 0 Å². The number of piperazine rings is 1. The summed E-state index contributed by atoms with van der Waals surface area (Å²) >= 11 is 0. The van der Waals surface area contributed by atoms with E-state index in [1.54, 1.807) is 6.08 Å². The quantitative estimate of drug-likeness (QED) is 0.785. The zero-order valence-electron chi connectivity index (χ0n) is 16.3. The molecule has 0 unspecified atom stereocenters. The summed E-state index contributed by atoms with van der Waals surface area (Å²) in [6.45, 7) is 5.38. The average molecular weight is 378 g/mol. The average Bonchev–Trinajstić information content (AvgIpc) is 2.68. The molecule has 2 aromatic carbocycles. The van der Waals surface area contributed by atoms with Crippen LogP contribution in [-0.2, 0) is 9.59 Å². The number of hydrogen-bond acceptors (Lipinski definition) is 4. The molecule has 1 fully saturated rings. The Morgan fingerprint density at radius 2 is 1.61 bits per heavy atom. The molecule has 2 aromatic rings. The largest absolute Gasteiger partial charge is 0.367 e. The van der Waals surface area contributed by atoms with E-state index in [1.807, 2.05) is 48.5 Å². The number of carbonyl (C=O) groups is 2. The van der Waals surface area contributed by atoms with Crippen molar-refractivity contribution in [3.05, 3.63) is 60.2 Å². The predicted octanol–water partition coefficient (Wildman–Crippen LogP) is 3.05. The summed E-state index contributed by atoms with van der Waals surface area (Å²) in [6.07, 6.45) is 3.28. The highest BCUT2D eigenvalue weighted by molar-refractivity contribution is 6.03. The third kappa shape index (κ3) is 5.44. The van der Waals surface area contributed by atoms with Crippen molar-refractivity contribution in [2.24, 2.45) is 0 Å². The molecule has 1 saturated heterocycles. The molecule has 1 aliphatic rings. The third-order valence-corrected chi connectivity index (χ3v) is 4.66. The van der Waals surface area contributed by atoms with Crippen LogP contribution in [0, 0.1) is 0 Å². The van der Waals surface area contributed by atoms with Crippen molar-refractivity contribution < 1.29 is 9.59 Å². The van der Waals surface area contributed by atoms with Gasteiger partial charge in [-0.2, -0.15) is 0 Å². The molecular formula is C22H26N4O2. The van der Waals surface area contributed by atoms with Crippen LogP contribution >= 0.6 is 0 Å². The first-order valence-corrected chi connectivity index (χ1v) is 9.40. The Balaban J connectivity index is 1.63. The first-order chi connectivity index (χ1) is 13.5. The van der Waals surface area contributed by atoms with E-state index in [1.165, 1.54) is 13.0 Å². The van der Waals surface area contributed by atoms with E-state index >= 15 is 0 Å². The molecule has 3 rings (SSSR count). The van der Waals surface area contributed by atoms with Crippen LogP contribution < -0.4 is 15.5 Å². The fourth-order valence-corrected chi connectivity index (χ4v) is 3.13. The van der Waals surface area contributed by atoms with E-state index in [0.29, 0.717) is 0 Å². The van der Waals surface area contributed by atoms with Crippen molar-refractivity contribution >= 4 is 35.0 Å². The number of para-hydroxylation sites is 2. The van der Waals surface area contributed by atoms with Crippen molar-refractivity contribution in [2.45, 2.75) is 6.92 Å². The van der Waals surface area contributed by atoms with Crippen molar-refractivity contribution in [3.8, 4) is 0 Å². The number of benzene rings is 2. The molecule has 2 N–H and O–H groups in total. The maximum atomic E-state index is 12.4. The molecule has 1 aliphatic heterocycles. The summed E-state index contributed by atoms with van der Waals surface area (Å²) in [5.41, 5.74) is 3.49. The number of rotatable bonds is 5. The van der Waals surface area contributed by atoms with E-state index < -0.39 is 0 Å². The minimum atomic E-state index is -0.174. The first-order valence-electron chi connectivity index (χ1n) is 9.40. The smallest absolute Gasteiger partial charge is 0.248 e. The zero-order chi connectivity index (χ0) is 19.9. The fraction of sp³-hybridized carbons (Fsp3) is 0.273. The lowest BCUT2D eigenvalue weighted by atomic mass is 10.2. The Bertz CT molecular complexity index is 853. The van der Waals surface area contributed by atoms with Gasteiger partial charge in [0, 0.05) is 44.9 Å². The topological polar surface area (TPSA) is 64.7 Å². The van der Waals surface area contributed by atoms with Crippen LogP contribution in [0.1, 0.15) is 12.5 Å². The van der Waals surface area contributed by atoms with Crippen LogP contribution in [0.25, 0.3) is 6.08 Å². The van der Waals surface area contributed by atoms with Gasteiger partial charge in [-0.25, -0.2) is 0 Å². The Morgan fingerprint density at radius 1 is 0.929 bits per heavy atom. The zero-order valence-corrected chi connectivity index (χ0v) is 16.3. The highest BCUT2D eigenvalue weighted by Gasteiger charge is 2.17. The van der Waals surface area contributed by atoms with Gasteiger partial charge in [-0.15, -0.1) is 0 Å². The highest BCUT2D eigenvalue weighted by atomic mass is 16.2. The molecule has 28 heavy (non-hydrogen) atoms. The van der Waals surface area contributed by atoms with Crippen LogP contribution in [0.3, 0.4) is 0 Å². The van der Waals surface area contributed by atoms with Gasteiger partial charge in [0.2, 0.25) is 11.8 Å². The van der Waals surface area contributed by atoms with Gasteiger partial charge in [-0.3, -0.25) is 9.59 Å². The minimum Gasteiger partial charge on any atom is -0.367 e. The van der Waals surface area contributed by atoms with Crippen LogP contribution in [0.5, 0.6) is 0 Å². The molecule has 0 bridgehead atoms. The van der Waals surface area contributed by atoms with Gasteiger partial charge >= 0.3 is 0 Å². The normalized spacial score (nSPS) is 14.9. The predicted molar refractivity (Wildman–Crippen MR) is 115 cm³/mol. The molecule has 0 spiro atoms. The molecule has 146 valence electrons.